The Labute approximate surface area is 194 Å². The summed E-state index contributed by atoms with van der Waals surface area (Å²) >= 11 is 2.89. The van der Waals surface area contributed by atoms with E-state index in [1.54, 1.807) is 29.5 Å². The van der Waals surface area contributed by atoms with Gasteiger partial charge in [-0.3, -0.25) is 14.2 Å². The lowest BCUT2D eigenvalue weighted by atomic mass is 10.2. The van der Waals surface area contributed by atoms with Crippen molar-refractivity contribution in [3.63, 3.8) is 0 Å². The van der Waals surface area contributed by atoms with Gasteiger partial charge in [-0.05, 0) is 51.3 Å². The number of thioether (sulfide) groups is 1. The molecule has 3 heterocycles. The lowest BCUT2D eigenvalue weighted by Crippen LogP contribution is -2.28. The van der Waals surface area contributed by atoms with E-state index in [1.165, 1.54) is 11.8 Å². The number of nitrogens with zero attached hydrogens (tertiary/aromatic N) is 2. The molecule has 5 rings (SSSR count). The Morgan fingerprint density at radius 3 is 2.78 bits per heavy atom. The Morgan fingerprint density at radius 2 is 2.00 bits per heavy atom. The topological polar surface area (TPSA) is 82.4 Å². The molecule has 1 amide bonds. The van der Waals surface area contributed by atoms with Crippen molar-refractivity contribution in [3.8, 4) is 11.5 Å². The van der Waals surface area contributed by atoms with Crippen LogP contribution in [0.5, 0.6) is 11.5 Å². The standard InChI is InChI=1S/C23H25N3O4S2/c1-12-13(2)31-21-19(12)22(28)26(16-6-4-5-7-16)23(25-21)32-14(3)20(27)24-15-8-9-17-18(10-15)30-11-29-17/h8-10,14,16H,4-7,11H2,1-3H3,(H,24,27). The Morgan fingerprint density at radius 1 is 1.25 bits per heavy atom. The van der Waals surface area contributed by atoms with Crippen LogP contribution >= 0.6 is 23.1 Å². The van der Waals surface area contributed by atoms with Crippen molar-refractivity contribution in [2.45, 2.75) is 62.9 Å². The summed E-state index contributed by atoms with van der Waals surface area (Å²) in [6.07, 6.45) is 4.17. The predicted octanol–water partition coefficient (Wildman–Crippen LogP) is 5.04. The van der Waals surface area contributed by atoms with Crippen molar-refractivity contribution in [1.29, 1.82) is 0 Å². The number of aryl methyl sites for hydroxylation is 2. The van der Waals surface area contributed by atoms with E-state index in [0.29, 0.717) is 22.3 Å². The molecule has 1 unspecified atom stereocenters. The fourth-order valence-corrected chi connectivity index (χ4v) is 6.33. The normalized spacial score (nSPS) is 16.6. The van der Waals surface area contributed by atoms with Crippen molar-refractivity contribution in [3.05, 3.63) is 39.0 Å². The van der Waals surface area contributed by atoms with E-state index >= 15 is 0 Å². The first-order valence-corrected chi connectivity index (χ1v) is 12.5. The van der Waals surface area contributed by atoms with Crippen LogP contribution in [0.15, 0.2) is 28.2 Å². The molecule has 32 heavy (non-hydrogen) atoms. The number of aromatic nitrogens is 2. The number of ether oxygens (including phenoxy) is 2. The summed E-state index contributed by atoms with van der Waals surface area (Å²) in [7, 11) is 0. The van der Waals surface area contributed by atoms with E-state index < -0.39 is 5.25 Å². The summed E-state index contributed by atoms with van der Waals surface area (Å²) in [4.78, 5) is 33.2. The fraction of sp³-hybridized carbons (Fsp3) is 0.435. The Hall–Kier alpha value is -2.52. The number of benzene rings is 1. The maximum Gasteiger partial charge on any atom is 0.263 e. The molecule has 0 saturated heterocycles. The van der Waals surface area contributed by atoms with Crippen LogP contribution in [0.3, 0.4) is 0 Å². The molecule has 0 bridgehead atoms. The Balaban J connectivity index is 1.44. The third kappa shape index (κ3) is 3.77. The first-order chi connectivity index (χ1) is 15.4. The molecule has 1 saturated carbocycles. The lowest BCUT2D eigenvalue weighted by molar-refractivity contribution is -0.115. The zero-order valence-corrected chi connectivity index (χ0v) is 19.9. The van der Waals surface area contributed by atoms with Crippen LogP contribution in [0.4, 0.5) is 5.69 Å². The second kappa shape index (κ2) is 8.44. The number of nitrogens with one attached hydrogen (secondary N) is 1. The number of hydrogen-bond acceptors (Lipinski definition) is 7. The van der Waals surface area contributed by atoms with Gasteiger partial charge in [0.1, 0.15) is 4.83 Å². The van der Waals surface area contributed by atoms with E-state index in [2.05, 4.69) is 5.32 Å². The zero-order chi connectivity index (χ0) is 22.4. The molecule has 7 nitrogen and oxygen atoms in total. The van der Waals surface area contributed by atoms with E-state index in [9.17, 15) is 9.59 Å². The van der Waals surface area contributed by atoms with Gasteiger partial charge in [0, 0.05) is 22.7 Å². The van der Waals surface area contributed by atoms with Crippen molar-refractivity contribution in [1.82, 2.24) is 9.55 Å². The highest BCUT2D eigenvalue weighted by atomic mass is 32.2. The number of carbonyl (C=O) groups excluding carboxylic acids is 1. The van der Waals surface area contributed by atoms with Gasteiger partial charge in [0.15, 0.2) is 16.7 Å². The van der Waals surface area contributed by atoms with Crippen molar-refractivity contribution < 1.29 is 14.3 Å². The Kier molecular flexibility index (Phi) is 5.63. The first kappa shape index (κ1) is 21.3. The summed E-state index contributed by atoms with van der Waals surface area (Å²) in [5, 5.41) is 3.86. The highest BCUT2D eigenvalue weighted by Gasteiger charge is 2.27. The maximum absolute atomic E-state index is 13.5. The number of hydrogen-bond donors (Lipinski definition) is 1. The summed E-state index contributed by atoms with van der Waals surface area (Å²) in [5.74, 6) is 1.14. The molecule has 0 radical (unpaired) electrons. The summed E-state index contributed by atoms with van der Waals surface area (Å²) in [5.41, 5.74) is 1.68. The van der Waals surface area contributed by atoms with Gasteiger partial charge in [0.05, 0.1) is 10.6 Å². The summed E-state index contributed by atoms with van der Waals surface area (Å²) in [6.45, 7) is 6.04. The molecule has 1 atom stereocenters. The van der Waals surface area contributed by atoms with E-state index in [4.69, 9.17) is 14.5 Å². The highest BCUT2D eigenvalue weighted by molar-refractivity contribution is 8.00. The van der Waals surface area contributed by atoms with E-state index in [0.717, 1.165) is 46.3 Å². The van der Waals surface area contributed by atoms with E-state index in [1.807, 2.05) is 25.3 Å². The number of rotatable bonds is 5. The van der Waals surface area contributed by atoms with Crippen LogP contribution < -0.4 is 20.3 Å². The zero-order valence-electron chi connectivity index (χ0n) is 18.3. The molecule has 2 aliphatic rings. The number of thiophene rings is 1. The van der Waals surface area contributed by atoms with Gasteiger partial charge in [-0.2, -0.15) is 0 Å². The van der Waals surface area contributed by atoms with Crippen LogP contribution in [0, 0.1) is 13.8 Å². The van der Waals surface area contributed by atoms with Gasteiger partial charge in [0.25, 0.3) is 5.56 Å². The number of anilines is 1. The SMILES string of the molecule is Cc1sc2nc(SC(C)C(=O)Nc3ccc4c(c3)OCO4)n(C3CCCC3)c(=O)c2c1C. The molecule has 2 aromatic heterocycles. The third-order valence-electron chi connectivity index (χ3n) is 6.18. The molecule has 0 spiro atoms. The number of carbonyl (C=O) groups is 1. The minimum absolute atomic E-state index is 0.0228. The van der Waals surface area contributed by atoms with Crippen molar-refractivity contribution >= 4 is 44.9 Å². The molecule has 1 aromatic carbocycles. The summed E-state index contributed by atoms with van der Waals surface area (Å²) in [6, 6.07) is 5.47. The average molecular weight is 472 g/mol. The number of amides is 1. The molecule has 1 aliphatic heterocycles. The highest BCUT2D eigenvalue weighted by Crippen LogP contribution is 2.37. The van der Waals surface area contributed by atoms with Gasteiger partial charge < -0.3 is 14.8 Å². The van der Waals surface area contributed by atoms with Crippen LogP contribution in [-0.4, -0.2) is 27.5 Å². The van der Waals surface area contributed by atoms with Gasteiger partial charge >= 0.3 is 0 Å². The molecule has 1 aliphatic carbocycles. The van der Waals surface area contributed by atoms with Gasteiger partial charge in [-0.25, -0.2) is 4.98 Å². The van der Waals surface area contributed by atoms with Gasteiger partial charge in [-0.1, -0.05) is 24.6 Å². The minimum atomic E-state index is -0.431. The average Bonchev–Trinajstić information content (AvgIpc) is 3.49. The quantitative estimate of drug-likeness (QED) is 0.415. The summed E-state index contributed by atoms with van der Waals surface area (Å²) < 4.78 is 12.6. The monoisotopic (exact) mass is 471 g/mol. The molecule has 3 aromatic rings. The first-order valence-electron chi connectivity index (χ1n) is 10.8. The van der Waals surface area contributed by atoms with Crippen LogP contribution in [-0.2, 0) is 4.79 Å². The molecular weight excluding hydrogens is 446 g/mol. The van der Waals surface area contributed by atoms with Crippen molar-refractivity contribution in [2.75, 3.05) is 12.1 Å². The fourth-order valence-electron chi connectivity index (χ4n) is 4.29. The van der Waals surface area contributed by atoms with Crippen LogP contribution in [0.1, 0.15) is 49.1 Å². The van der Waals surface area contributed by atoms with Crippen LogP contribution in [0.25, 0.3) is 10.2 Å². The second-order valence-corrected chi connectivity index (χ2v) is 10.8. The second-order valence-electron chi connectivity index (χ2n) is 8.29. The smallest absolute Gasteiger partial charge is 0.263 e. The largest absolute Gasteiger partial charge is 0.454 e. The van der Waals surface area contributed by atoms with Gasteiger partial charge in [-0.15, -0.1) is 11.3 Å². The predicted molar refractivity (Wildman–Crippen MR) is 127 cm³/mol. The van der Waals surface area contributed by atoms with Gasteiger partial charge in [0.2, 0.25) is 12.7 Å². The third-order valence-corrected chi connectivity index (χ3v) is 8.35. The molecular formula is C23H25N3O4S2. The lowest BCUT2D eigenvalue weighted by Gasteiger charge is -2.20. The minimum Gasteiger partial charge on any atom is -0.454 e. The molecule has 1 N–H and O–H groups in total. The maximum atomic E-state index is 13.5. The van der Waals surface area contributed by atoms with Crippen LogP contribution in [0.2, 0.25) is 0 Å². The Bertz CT molecular complexity index is 1260. The molecule has 168 valence electrons. The molecule has 1 fully saturated rings. The number of fused-ring (bicyclic) bond motifs is 2. The molecule has 9 heteroatoms. The van der Waals surface area contributed by atoms with E-state index in [-0.39, 0.29) is 24.3 Å². The van der Waals surface area contributed by atoms with Crippen molar-refractivity contribution in [2.24, 2.45) is 0 Å².